The van der Waals surface area contributed by atoms with Gasteiger partial charge in [0.15, 0.2) is 0 Å². The van der Waals surface area contributed by atoms with E-state index >= 15 is 0 Å². The summed E-state index contributed by atoms with van der Waals surface area (Å²) in [4.78, 5) is 13.8. The van der Waals surface area contributed by atoms with Gasteiger partial charge in [0, 0.05) is 11.5 Å². The third kappa shape index (κ3) is 2.63. The largest absolute Gasteiger partial charge is 0.469 e. The Morgan fingerprint density at radius 3 is 3.08 bits per heavy atom. The van der Waals surface area contributed by atoms with Crippen LogP contribution in [-0.2, 0) is 9.53 Å². The van der Waals surface area contributed by atoms with E-state index in [1.807, 2.05) is 0 Å². The molecule has 0 unspecified atom stereocenters. The predicted molar refractivity (Wildman–Crippen MR) is 46.9 cm³/mol. The fraction of sp³-hybridized carbons (Fsp3) is 0.875. The second kappa shape index (κ2) is 4.72. The van der Waals surface area contributed by atoms with E-state index in [1.165, 1.54) is 7.11 Å². The van der Waals surface area contributed by atoms with Crippen molar-refractivity contribution in [1.82, 2.24) is 0 Å². The number of ether oxygens (including phenoxy) is 1. The van der Waals surface area contributed by atoms with E-state index < -0.39 is 0 Å². The molecule has 0 aromatic rings. The van der Waals surface area contributed by atoms with Crippen LogP contribution in [0.2, 0.25) is 0 Å². The van der Waals surface area contributed by atoms with Crippen molar-refractivity contribution < 1.29 is 9.53 Å². The molecule has 1 aliphatic carbocycles. The molecule has 0 bridgehead atoms. The average molecular weight is 183 g/mol. The van der Waals surface area contributed by atoms with Crippen LogP contribution in [0.1, 0.15) is 19.3 Å². The van der Waals surface area contributed by atoms with Gasteiger partial charge in [-0.15, -0.1) is 0 Å². The normalized spacial score (nSPS) is 26.5. The van der Waals surface area contributed by atoms with Crippen molar-refractivity contribution in [2.75, 3.05) is 13.7 Å². The fourth-order valence-corrected chi connectivity index (χ4v) is 1.77. The van der Waals surface area contributed by atoms with Crippen LogP contribution in [0.5, 0.6) is 0 Å². The molecule has 0 aromatic carbocycles. The third-order valence-corrected chi connectivity index (χ3v) is 2.48. The van der Waals surface area contributed by atoms with Gasteiger partial charge in [0.1, 0.15) is 0 Å². The maximum atomic E-state index is 11.1. The van der Waals surface area contributed by atoms with E-state index in [1.54, 1.807) is 0 Å². The zero-order valence-electron chi connectivity index (χ0n) is 7.64. The molecule has 13 heavy (non-hydrogen) atoms. The number of azide groups is 1. The Morgan fingerprint density at radius 2 is 2.46 bits per heavy atom. The van der Waals surface area contributed by atoms with E-state index in [-0.39, 0.29) is 11.9 Å². The molecule has 0 aliphatic heterocycles. The smallest absolute Gasteiger partial charge is 0.308 e. The Labute approximate surface area is 76.7 Å². The number of rotatable bonds is 3. The van der Waals surface area contributed by atoms with Gasteiger partial charge in [-0.25, -0.2) is 0 Å². The first-order valence-corrected chi connectivity index (χ1v) is 4.36. The molecule has 0 saturated heterocycles. The van der Waals surface area contributed by atoms with Crippen LogP contribution in [0.4, 0.5) is 0 Å². The summed E-state index contributed by atoms with van der Waals surface area (Å²) in [5.41, 5.74) is 8.11. The van der Waals surface area contributed by atoms with Crippen LogP contribution in [0.15, 0.2) is 5.11 Å². The first kappa shape index (κ1) is 9.86. The van der Waals surface area contributed by atoms with E-state index in [0.717, 1.165) is 19.3 Å². The monoisotopic (exact) mass is 183 g/mol. The van der Waals surface area contributed by atoms with E-state index in [9.17, 15) is 4.79 Å². The Balaban J connectivity index is 2.35. The van der Waals surface area contributed by atoms with Gasteiger partial charge in [0.05, 0.1) is 13.0 Å². The van der Waals surface area contributed by atoms with Gasteiger partial charge in [0.25, 0.3) is 0 Å². The number of esters is 1. The molecule has 0 N–H and O–H groups in total. The van der Waals surface area contributed by atoms with Gasteiger partial charge in [-0.05, 0) is 30.7 Å². The van der Waals surface area contributed by atoms with Crippen LogP contribution in [0.25, 0.3) is 10.4 Å². The molecule has 0 aromatic heterocycles. The number of hydrogen-bond donors (Lipinski definition) is 0. The highest BCUT2D eigenvalue weighted by atomic mass is 16.5. The first-order chi connectivity index (χ1) is 6.27. The molecule has 2 atom stereocenters. The molecular weight excluding hydrogens is 170 g/mol. The lowest BCUT2D eigenvalue weighted by atomic mass is 10.1. The minimum absolute atomic E-state index is 0.0175. The molecule has 1 saturated carbocycles. The number of carbonyl (C=O) groups is 1. The number of nitrogens with zero attached hydrogens (tertiary/aromatic N) is 3. The number of carbonyl (C=O) groups excluding carboxylic acids is 1. The van der Waals surface area contributed by atoms with Gasteiger partial charge in [-0.2, -0.15) is 0 Å². The lowest BCUT2D eigenvalue weighted by Gasteiger charge is -2.06. The summed E-state index contributed by atoms with van der Waals surface area (Å²) in [6.45, 7) is 0.504. The summed E-state index contributed by atoms with van der Waals surface area (Å²) in [6.07, 6.45) is 2.61. The molecule has 1 fully saturated rings. The molecule has 0 amide bonds. The topological polar surface area (TPSA) is 75.1 Å². The van der Waals surface area contributed by atoms with Crippen LogP contribution >= 0.6 is 0 Å². The minimum atomic E-state index is -0.136. The summed E-state index contributed by atoms with van der Waals surface area (Å²) in [5.74, 6) is 0.243. The van der Waals surface area contributed by atoms with E-state index in [0.29, 0.717) is 12.5 Å². The first-order valence-electron chi connectivity index (χ1n) is 4.36. The van der Waals surface area contributed by atoms with Crippen LogP contribution in [0, 0.1) is 11.8 Å². The number of methoxy groups -OCH3 is 1. The Bertz CT molecular complexity index is 236. The third-order valence-electron chi connectivity index (χ3n) is 2.48. The Kier molecular flexibility index (Phi) is 3.58. The average Bonchev–Trinajstić information content (AvgIpc) is 2.62. The Morgan fingerprint density at radius 1 is 1.69 bits per heavy atom. The zero-order chi connectivity index (χ0) is 9.68. The molecule has 0 spiro atoms. The molecule has 0 heterocycles. The molecular formula is C8H13N3O2. The van der Waals surface area contributed by atoms with Crippen molar-refractivity contribution in [3.05, 3.63) is 10.4 Å². The Hall–Kier alpha value is -1.22. The highest BCUT2D eigenvalue weighted by Crippen LogP contribution is 2.31. The van der Waals surface area contributed by atoms with Gasteiger partial charge in [0.2, 0.25) is 0 Å². The maximum Gasteiger partial charge on any atom is 0.308 e. The molecule has 1 rings (SSSR count). The SMILES string of the molecule is COC(=O)[C@H]1CC[C@@H](CN=[N+]=[N-])C1. The molecule has 1 aliphatic rings. The van der Waals surface area contributed by atoms with Gasteiger partial charge >= 0.3 is 5.97 Å². The quantitative estimate of drug-likeness (QED) is 0.290. The van der Waals surface area contributed by atoms with Crippen molar-refractivity contribution in [3.63, 3.8) is 0 Å². The summed E-state index contributed by atoms with van der Waals surface area (Å²) >= 11 is 0. The van der Waals surface area contributed by atoms with Crippen molar-refractivity contribution >= 4 is 5.97 Å². The van der Waals surface area contributed by atoms with Crippen LogP contribution in [0.3, 0.4) is 0 Å². The summed E-state index contributed by atoms with van der Waals surface area (Å²) in [5, 5.41) is 3.50. The second-order valence-corrected chi connectivity index (χ2v) is 3.31. The number of hydrogen-bond acceptors (Lipinski definition) is 3. The predicted octanol–water partition coefficient (Wildman–Crippen LogP) is 1.89. The fourth-order valence-electron chi connectivity index (χ4n) is 1.77. The van der Waals surface area contributed by atoms with Crippen molar-refractivity contribution in [2.24, 2.45) is 17.0 Å². The highest BCUT2D eigenvalue weighted by Gasteiger charge is 2.29. The lowest BCUT2D eigenvalue weighted by molar-refractivity contribution is -0.145. The zero-order valence-corrected chi connectivity index (χ0v) is 7.64. The van der Waals surface area contributed by atoms with Crippen molar-refractivity contribution in [3.8, 4) is 0 Å². The summed E-state index contributed by atoms with van der Waals surface area (Å²) < 4.78 is 4.64. The molecule has 5 nitrogen and oxygen atoms in total. The van der Waals surface area contributed by atoms with Gasteiger partial charge < -0.3 is 4.74 Å². The van der Waals surface area contributed by atoms with E-state index in [2.05, 4.69) is 14.8 Å². The molecule has 72 valence electrons. The molecule has 0 radical (unpaired) electrons. The van der Waals surface area contributed by atoms with Crippen molar-refractivity contribution in [1.29, 1.82) is 0 Å². The lowest BCUT2D eigenvalue weighted by Crippen LogP contribution is -2.13. The van der Waals surface area contributed by atoms with Crippen LogP contribution in [-0.4, -0.2) is 19.6 Å². The summed E-state index contributed by atoms with van der Waals surface area (Å²) in [6, 6.07) is 0. The highest BCUT2D eigenvalue weighted by molar-refractivity contribution is 5.72. The maximum absolute atomic E-state index is 11.1. The second-order valence-electron chi connectivity index (χ2n) is 3.31. The minimum Gasteiger partial charge on any atom is -0.469 e. The summed E-state index contributed by atoms with van der Waals surface area (Å²) in [7, 11) is 1.41. The molecule has 5 heteroatoms. The van der Waals surface area contributed by atoms with Gasteiger partial charge in [-0.1, -0.05) is 5.11 Å². The van der Waals surface area contributed by atoms with Crippen LogP contribution < -0.4 is 0 Å². The van der Waals surface area contributed by atoms with Gasteiger partial charge in [-0.3, -0.25) is 4.79 Å². The van der Waals surface area contributed by atoms with E-state index in [4.69, 9.17) is 5.53 Å². The standard InChI is InChI=1S/C8H13N3O2/c1-13-8(12)7-3-2-6(4-7)5-10-11-9/h6-7H,2-5H2,1H3/t6-,7+/m1/s1. The van der Waals surface area contributed by atoms with Crippen molar-refractivity contribution in [2.45, 2.75) is 19.3 Å².